The Balaban J connectivity index is 1.16. The quantitative estimate of drug-likeness (QED) is 0.0472. The zero-order valence-corrected chi connectivity index (χ0v) is 35.5. The highest BCUT2D eigenvalue weighted by Crippen LogP contribution is 2.30. The van der Waals surface area contributed by atoms with Crippen molar-refractivity contribution in [3.63, 3.8) is 0 Å². The molecule has 2 heterocycles. The van der Waals surface area contributed by atoms with Gasteiger partial charge < -0.3 is 69.3 Å². The van der Waals surface area contributed by atoms with Crippen molar-refractivity contribution in [1.82, 2.24) is 0 Å². The number of rotatable bonds is 26. The molecule has 4 rings (SSSR count). The fourth-order valence-corrected chi connectivity index (χ4v) is 7.36. The van der Waals surface area contributed by atoms with E-state index in [4.69, 9.17) is 28.4 Å². The molecule has 0 saturated carbocycles. The maximum atomic E-state index is 12.9. The molecule has 0 unspecified atom stereocenters. The van der Waals surface area contributed by atoms with Crippen LogP contribution < -0.4 is 4.74 Å². The molecule has 2 aromatic carbocycles. The second-order valence-corrected chi connectivity index (χ2v) is 16.2. The number of hydrogen-bond donors (Lipinski definition) is 8. The maximum Gasteiger partial charge on any atom is 0.342 e. The van der Waals surface area contributed by atoms with Crippen LogP contribution in [0.4, 0.5) is 0 Å². The highest BCUT2D eigenvalue weighted by molar-refractivity contribution is 5.93. The molecule has 10 atom stereocenters. The van der Waals surface area contributed by atoms with Crippen molar-refractivity contribution in [3.8, 4) is 17.2 Å². The Hall–Kier alpha value is -3.58. The van der Waals surface area contributed by atoms with E-state index >= 15 is 0 Å². The van der Waals surface area contributed by atoms with E-state index < -0.39 is 92.3 Å². The van der Waals surface area contributed by atoms with Crippen molar-refractivity contribution < 1.29 is 78.9 Å². The Morgan fingerprint density at radius 3 is 1.38 bits per heavy atom. The van der Waals surface area contributed by atoms with Crippen molar-refractivity contribution in [2.45, 2.75) is 178 Å². The van der Waals surface area contributed by atoms with Crippen molar-refractivity contribution >= 4 is 11.9 Å². The Bertz CT molecular complexity index is 1610. The summed E-state index contributed by atoms with van der Waals surface area (Å²) in [4.78, 5) is 25.5. The molecule has 0 aliphatic carbocycles. The number of unbranched alkanes of at least 4 members (excludes halogenated alkanes) is 15. The highest BCUT2D eigenvalue weighted by Gasteiger charge is 2.50. The van der Waals surface area contributed by atoms with Crippen LogP contribution in [0.1, 0.15) is 136 Å². The summed E-state index contributed by atoms with van der Waals surface area (Å²) in [5.41, 5.74) is 0.316. The van der Waals surface area contributed by atoms with Crippen LogP contribution in [0.2, 0.25) is 0 Å². The summed E-state index contributed by atoms with van der Waals surface area (Å²) in [5.74, 6) is -2.34. The molecule has 16 nitrogen and oxygen atoms in total. The first-order valence-electron chi connectivity index (χ1n) is 22.0. The SMILES string of the molecule is CCCCCCCCCCCCCCCCCCOc1ccc(C(=O)OC[C@H]2O[C@H](O[C@H]3O[C@H](COC(=O)c4ccc(C)cc4O)[C@@H](O)[C@H](O)[C@H]3O)[C@H](O)[C@@H](O)[C@@H]2O)c(O)c1. The molecule has 2 aromatic rings. The van der Waals surface area contributed by atoms with Gasteiger partial charge in [-0.1, -0.05) is 109 Å². The van der Waals surface area contributed by atoms with Crippen LogP contribution in [-0.2, 0) is 23.7 Å². The van der Waals surface area contributed by atoms with Crippen LogP contribution >= 0.6 is 0 Å². The van der Waals surface area contributed by atoms with Crippen LogP contribution in [0.3, 0.4) is 0 Å². The second kappa shape index (κ2) is 26.1. The first-order chi connectivity index (χ1) is 29.3. The number of carbonyl (C=O) groups is 2. The fourth-order valence-electron chi connectivity index (χ4n) is 7.36. The van der Waals surface area contributed by atoms with Gasteiger partial charge in [-0.2, -0.15) is 0 Å². The number of aliphatic hydroxyl groups is 6. The number of aryl methyl sites for hydroxylation is 1. The van der Waals surface area contributed by atoms with Crippen LogP contribution in [0.5, 0.6) is 17.2 Å². The number of benzene rings is 2. The van der Waals surface area contributed by atoms with Gasteiger partial charge in [-0.15, -0.1) is 0 Å². The minimum Gasteiger partial charge on any atom is -0.507 e. The molecule has 2 aliphatic rings. The summed E-state index contributed by atoms with van der Waals surface area (Å²) in [6.07, 6.45) is 2.37. The van der Waals surface area contributed by atoms with Crippen LogP contribution in [-0.4, -0.2) is 134 Å². The highest BCUT2D eigenvalue weighted by atomic mass is 16.8. The van der Waals surface area contributed by atoms with E-state index in [0.717, 1.165) is 19.3 Å². The van der Waals surface area contributed by atoms with Gasteiger partial charge in [-0.05, 0) is 43.2 Å². The van der Waals surface area contributed by atoms with E-state index in [1.165, 1.54) is 114 Å². The molecular weight excluding hydrogens is 796 g/mol. The molecule has 8 N–H and O–H groups in total. The van der Waals surface area contributed by atoms with E-state index in [2.05, 4.69) is 6.92 Å². The number of aromatic hydroxyl groups is 2. The number of aliphatic hydroxyl groups excluding tert-OH is 6. The Morgan fingerprint density at radius 1 is 0.541 bits per heavy atom. The molecule has 0 aromatic heterocycles. The van der Waals surface area contributed by atoms with Crippen molar-refractivity contribution in [3.05, 3.63) is 53.1 Å². The lowest BCUT2D eigenvalue weighted by Crippen LogP contribution is -2.64. The summed E-state index contributed by atoms with van der Waals surface area (Å²) >= 11 is 0. The number of esters is 2. The summed E-state index contributed by atoms with van der Waals surface area (Å²) in [5, 5.41) is 84.1. The molecule has 0 bridgehead atoms. The molecule has 2 aliphatic heterocycles. The first-order valence-corrected chi connectivity index (χ1v) is 22.0. The van der Waals surface area contributed by atoms with Gasteiger partial charge in [-0.3, -0.25) is 0 Å². The Morgan fingerprint density at radius 2 is 0.951 bits per heavy atom. The van der Waals surface area contributed by atoms with Crippen molar-refractivity contribution in [2.75, 3.05) is 19.8 Å². The molecule has 16 heteroatoms. The summed E-state index contributed by atoms with van der Waals surface area (Å²) in [6.45, 7) is 3.06. The van der Waals surface area contributed by atoms with Gasteiger partial charge in [0.15, 0.2) is 12.6 Å². The number of phenols is 2. The molecule has 0 spiro atoms. The number of ether oxygens (including phenoxy) is 6. The third-order valence-electron chi connectivity index (χ3n) is 11.2. The van der Waals surface area contributed by atoms with Gasteiger partial charge in [-0.25, -0.2) is 9.59 Å². The molecule has 0 radical (unpaired) electrons. The second-order valence-electron chi connectivity index (χ2n) is 16.2. The topological polar surface area (TPSA) is 251 Å². The molecule has 2 saturated heterocycles. The number of phenolic OH excluding ortho intramolecular Hbond substituents is 2. The first kappa shape index (κ1) is 50.1. The predicted molar refractivity (Wildman–Crippen MR) is 221 cm³/mol. The zero-order valence-electron chi connectivity index (χ0n) is 35.5. The fraction of sp³-hybridized carbons (Fsp3) is 0.689. The lowest BCUT2D eigenvalue weighted by Gasteiger charge is -2.44. The Kier molecular flexibility index (Phi) is 21.5. The average Bonchev–Trinajstić information content (AvgIpc) is 3.23. The third-order valence-corrected chi connectivity index (χ3v) is 11.2. The van der Waals surface area contributed by atoms with Crippen LogP contribution in [0, 0.1) is 6.92 Å². The van der Waals surface area contributed by atoms with Crippen LogP contribution in [0.25, 0.3) is 0 Å². The van der Waals surface area contributed by atoms with E-state index in [9.17, 15) is 50.4 Å². The van der Waals surface area contributed by atoms with E-state index in [0.29, 0.717) is 17.9 Å². The summed E-state index contributed by atoms with van der Waals surface area (Å²) in [6, 6.07) is 8.38. The lowest BCUT2D eigenvalue weighted by molar-refractivity contribution is -0.376. The standard InChI is InChI=1S/C45H68O16/c1-3-4-5-6-7-8-9-10-11-12-13-14-15-16-17-18-23-56-29-20-22-31(33(47)25-29)43(55)58-27-35-37(49)39(51)41(53)45(60-35)61-44-40(52)38(50)36(48)34(59-44)26-57-42(54)30-21-19-28(2)24-32(30)46/h19-22,24-25,34-41,44-53H,3-18,23,26-27H2,1-2H3/t34-,35-,36-,37-,38+,39+,40-,41-,44-,45-/m1/s1. The number of hydrogen-bond acceptors (Lipinski definition) is 16. The molecule has 2 fully saturated rings. The maximum absolute atomic E-state index is 12.9. The summed E-state index contributed by atoms with van der Waals surface area (Å²) < 4.78 is 32.8. The normalized spacial score (nSPS) is 26.5. The number of carbonyl (C=O) groups excluding carboxylic acids is 2. The lowest BCUT2D eigenvalue weighted by atomic mass is 9.98. The van der Waals surface area contributed by atoms with E-state index in [1.807, 2.05) is 0 Å². The predicted octanol–water partition coefficient (Wildman–Crippen LogP) is 4.69. The zero-order chi connectivity index (χ0) is 44.3. The van der Waals surface area contributed by atoms with Gasteiger partial charge >= 0.3 is 11.9 Å². The van der Waals surface area contributed by atoms with Gasteiger partial charge in [0.2, 0.25) is 0 Å². The summed E-state index contributed by atoms with van der Waals surface area (Å²) in [7, 11) is 0. The van der Waals surface area contributed by atoms with Gasteiger partial charge in [0.25, 0.3) is 0 Å². The average molecular weight is 865 g/mol. The monoisotopic (exact) mass is 864 g/mol. The van der Waals surface area contributed by atoms with E-state index in [-0.39, 0.29) is 16.9 Å². The van der Waals surface area contributed by atoms with Crippen LogP contribution in [0.15, 0.2) is 36.4 Å². The molecular formula is C45H68O16. The minimum absolute atomic E-state index is 0.167. The van der Waals surface area contributed by atoms with Gasteiger partial charge in [0, 0.05) is 6.07 Å². The molecule has 61 heavy (non-hydrogen) atoms. The Labute approximate surface area is 358 Å². The van der Waals surface area contributed by atoms with Crippen molar-refractivity contribution in [1.29, 1.82) is 0 Å². The minimum atomic E-state index is -1.93. The molecule has 0 amide bonds. The molecule has 344 valence electrons. The van der Waals surface area contributed by atoms with Crippen molar-refractivity contribution in [2.24, 2.45) is 0 Å². The van der Waals surface area contributed by atoms with E-state index in [1.54, 1.807) is 13.0 Å². The third kappa shape index (κ3) is 15.6. The largest absolute Gasteiger partial charge is 0.507 e. The van der Waals surface area contributed by atoms with Gasteiger partial charge in [0.05, 0.1) is 6.61 Å². The smallest absolute Gasteiger partial charge is 0.342 e. The van der Waals surface area contributed by atoms with Gasteiger partial charge in [0.1, 0.15) is 90.4 Å².